The van der Waals surface area contributed by atoms with Crippen LogP contribution in [0.5, 0.6) is 0 Å². The third-order valence-corrected chi connectivity index (χ3v) is 7.32. The highest BCUT2D eigenvalue weighted by molar-refractivity contribution is 14.0. The second-order valence-corrected chi connectivity index (χ2v) is 10.0. The van der Waals surface area contributed by atoms with Gasteiger partial charge in [0, 0.05) is 30.4 Å². The lowest BCUT2D eigenvalue weighted by molar-refractivity contribution is -0.127. The van der Waals surface area contributed by atoms with Crippen molar-refractivity contribution in [1.82, 2.24) is 20.4 Å². The fourth-order valence-corrected chi connectivity index (χ4v) is 4.98. The van der Waals surface area contributed by atoms with Crippen LogP contribution < -0.4 is 10.6 Å². The molecule has 1 atom stereocenters. The Kier molecular flexibility index (Phi) is 11.3. The average Bonchev–Trinajstić information content (AvgIpc) is 3.44. The Morgan fingerprint density at radius 1 is 1.19 bits per heavy atom. The maximum Gasteiger partial charge on any atom is 0.243 e. The SMILES string of the molecule is CC1CCN(C(CNC(=NCC(=O)N(C)C)NCc2cccs2)c2cccs2)CC1.I. The first-order valence-corrected chi connectivity index (χ1v) is 12.3. The highest BCUT2D eigenvalue weighted by atomic mass is 127. The van der Waals surface area contributed by atoms with E-state index in [0.717, 1.165) is 25.6 Å². The molecule has 0 radical (unpaired) electrons. The van der Waals surface area contributed by atoms with Crippen molar-refractivity contribution in [2.45, 2.75) is 32.4 Å². The summed E-state index contributed by atoms with van der Waals surface area (Å²) in [5.74, 6) is 1.48. The van der Waals surface area contributed by atoms with Crippen molar-refractivity contribution < 1.29 is 4.79 Å². The number of nitrogens with one attached hydrogen (secondary N) is 2. The molecule has 0 bridgehead atoms. The molecule has 172 valence electrons. The van der Waals surface area contributed by atoms with Crippen LogP contribution >= 0.6 is 46.7 Å². The molecule has 3 rings (SSSR count). The second-order valence-electron chi connectivity index (χ2n) is 8.02. The van der Waals surface area contributed by atoms with Crippen LogP contribution in [0.15, 0.2) is 40.0 Å². The number of carbonyl (C=O) groups is 1. The van der Waals surface area contributed by atoms with Gasteiger partial charge in [0.1, 0.15) is 6.54 Å². The fraction of sp³-hybridized carbons (Fsp3) is 0.545. The molecular formula is C22H34IN5OS2. The molecule has 31 heavy (non-hydrogen) atoms. The minimum Gasteiger partial charge on any atom is -0.354 e. The molecule has 2 aromatic heterocycles. The van der Waals surface area contributed by atoms with E-state index < -0.39 is 0 Å². The number of halogens is 1. The van der Waals surface area contributed by atoms with Crippen LogP contribution in [-0.2, 0) is 11.3 Å². The number of nitrogens with zero attached hydrogens (tertiary/aromatic N) is 3. The highest BCUT2D eigenvalue weighted by Gasteiger charge is 2.25. The molecule has 3 heterocycles. The van der Waals surface area contributed by atoms with Crippen molar-refractivity contribution in [3.8, 4) is 0 Å². The summed E-state index contributed by atoms with van der Waals surface area (Å²) in [6, 6.07) is 8.81. The van der Waals surface area contributed by atoms with Crippen molar-refractivity contribution >= 4 is 58.5 Å². The number of guanidine groups is 1. The molecular weight excluding hydrogens is 541 g/mol. The standard InChI is InChI=1S/C22H33N5OS2.HI/c1-17-8-10-27(11-9-17)19(20-7-5-13-30-20)15-24-22(25-16-21(28)26(2)3)23-14-18-6-4-12-29-18;/h4-7,12-13,17,19H,8-11,14-16H2,1-3H3,(H2,23,24,25);1H. The van der Waals surface area contributed by atoms with Crippen LogP contribution in [0.2, 0.25) is 0 Å². The summed E-state index contributed by atoms with van der Waals surface area (Å²) in [7, 11) is 3.52. The Labute approximate surface area is 211 Å². The quantitative estimate of drug-likeness (QED) is 0.284. The van der Waals surface area contributed by atoms with Crippen molar-refractivity contribution in [3.63, 3.8) is 0 Å². The van der Waals surface area contributed by atoms with Crippen molar-refractivity contribution in [1.29, 1.82) is 0 Å². The van der Waals surface area contributed by atoms with E-state index in [2.05, 4.69) is 56.4 Å². The third-order valence-electron chi connectivity index (χ3n) is 5.47. The van der Waals surface area contributed by atoms with E-state index in [9.17, 15) is 4.79 Å². The van der Waals surface area contributed by atoms with Gasteiger partial charge in [-0.25, -0.2) is 4.99 Å². The molecule has 1 amide bonds. The van der Waals surface area contributed by atoms with E-state index in [1.54, 1.807) is 30.3 Å². The first kappa shape index (κ1) is 26.1. The first-order valence-electron chi connectivity index (χ1n) is 10.5. The summed E-state index contributed by atoms with van der Waals surface area (Å²) < 4.78 is 0. The predicted molar refractivity (Wildman–Crippen MR) is 143 cm³/mol. The zero-order chi connectivity index (χ0) is 21.3. The van der Waals surface area contributed by atoms with E-state index in [4.69, 9.17) is 0 Å². The number of hydrogen-bond donors (Lipinski definition) is 2. The topological polar surface area (TPSA) is 60.0 Å². The number of aliphatic imine (C=N–C) groups is 1. The van der Waals surface area contributed by atoms with Crippen LogP contribution in [0.1, 0.15) is 35.6 Å². The van der Waals surface area contributed by atoms with Gasteiger partial charge in [-0.15, -0.1) is 46.7 Å². The van der Waals surface area contributed by atoms with Crippen molar-refractivity contribution in [2.24, 2.45) is 10.9 Å². The Morgan fingerprint density at radius 2 is 1.90 bits per heavy atom. The molecule has 2 aromatic rings. The number of piperidine rings is 1. The normalized spacial score (nSPS) is 16.4. The molecule has 0 spiro atoms. The number of hydrogen-bond acceptors (Lipinski definition) is 5. The molecule has 1 aliphatic rings. The molecule has 0 aliphatic carbocycles. The smallest absolute Gasteiger partial charge is 0.243 e. The molecule has 0 aromatic carbocycles. The summed E-state index contributed by atoms with van der Waals surface area (Å²) in [6.07, 6.45) is 2.49. The number of thiophene rings is 2. The predicted octanol–water partition coefficient (Wildman–Crippen LogP) is 4.02. The van der Waals surface area contributed by atoms with Gasteiger partial charge in [-0.1, -0.05) is 19.1 Å². The van der Waals surface area contributed by atoms with Gasteiger partial charge in [0.2, 0.25) is 5.91 Å². The van der Waals surface area contributed by atoms with Crippen LogP contribution in [0, 0.1) is 5.92 Å². The fourth-order valence-electron chi connectivity index (χ4n) is 3.47. The number of likely N-dealkylation sites (N-methyl/N-ethyl adjacent to an activating group) is 1. The largest absolute Gasteiger partial charge is 0.354 e. The van der Waals surface area contributed by atoms with Gasteiger partial charge in [-0.2, -0.15) is 0 Å². The monoisotopic (exact) mass is 575 g/mol. The summed E-state index contributed by atoms with van der Waals surface area (Å²) in [4.78, 5) is 23.4. The average molecular weight is 576 g/mol. The summed E-state index contributed by atoms with van der Waals surface area (Å²) >= 11 is 3.52. The van der Waals surface area contributed by atoms with E-state index in [1.807, 2.05) is 17.4 Å². The summed E-state index contributed by atoms with van der Waals surface area (Å²) in [5.41, 5.74) is 0. The molecule has 1 aliphatic heterocycles. The number of carbonyl (C=O) groups excluding carboxylic acids is 1. The van der Waals surface area contributed by atoms with Crippen LogP contribution in [-0.4, -0.2) is 61.9 Å². The lowest BCUT2D eigenvalue weighted by atomic mass is 9.97. The van der Waals surface area contributed by atoms with Crippen LogP contribution in [0.25, 0.3) is 0 Å². The number of likely N-dealkylation sites (tertiary alicyclic amines) is 1. The molecule has 2 N–H and O–H groups in total. The number of amides is 1. The summed E-state index contributed by atoms with van der Waals surface area (Å²) in [5, 5.41) is 11.1. The Bertz CT molecular complexity index is 787. The van der Waals surface area contributed by atoms with Crippen molar-refractivity contribution in [2.75, 3.05) is 40.3 Å². The Morgan fingerprint density at radius 3 is 2.52 bits per heavy atom. The molecule has 1 unspecified atom stereocenters. The molecule has 6 nitrogen and oxygen atoms in total. The van der Waals surface area contributed by atoms with Gasteiger partial charge in [0.05, 0.1) is 12.6 Å². The maximum atomic E-state index is 12.0. The molecule has 9 heteroatoms. The van der Waals surface area contributed by atoms with Gasteiger partial charge < -0.3 is 15.5 Å². The second kappa shape index (κ2) is 13.4. The lowest BCUT2D eigenvalue weighted by Gasteiger charge is -2.36. The van der Waals surface area contributed by atoms with Crippen LogP contribution in [0.4, 0.5) is 0 Å². The maximum absolute atomic E-state index is 12.0. The van der Waals surface area contributed by atoms with Gasteiger partial charge in [-0.05, 0) is 54.7 Å². The zero-order valence-electron chi connectivity index (χ0n) is 18.5. The highest BCUT2D eigenvalue weighted by Crippen LogP contribution is 2.29. The Hall–Kier alpha value is -1.17. The number of rotatable bonds is 8. The third kappa shape index (κ3) is 8.36. The molecule has 1 fully saturated rings. The van der Waals surface area contributed by atoms with Crippen LogP contribution in [0.3, 0.4) is 0 Å². The van der Waals surface area contributed by atoms with E-state index in [1.165, 1.54) is 22.6 Å². The van der Waals surface area contributed by atoms with Gasteiger partial charge in [0.25, 0.3) is 0 Å². The Balaban J connectivity index is 0.00000341. The van der Waals surface area contributed by atoms with E-state index in [0.29, 0.717) is 18.5 Å². The van der Waals surface area contributed by atoms with Gasteiger partial charge in [-0.3, -0.25) is 9.69 Å². The van der Waals surface area contributed by atoms with E-state index in [-0.39, 0.29) is 36.4 Å². The summed E-state index contributed by atoms with van der Waals surface area (Å²) in [6.45, 7) is 6.19. The molecule has 1 saturated heterocycles. The zero-order valence-corrected chi connectivity index (χ0v) is 22.5. The van der Waals surface area contributed by atoms with Crippen molar-refractivity contribution in [3.05, 3.63) is 44.8 Å². The van der Waals surface area contributed by atoms with Gasteiger partial charge >= 0.3 is 0 Å². The van der Waals surface area contributed by atoms with E-state index >= 15 is 0 Å². The minimum atomic E-state index is -0.00736. The first-order chi connectivity index (χ1) is 14.5. The molecule has 0 saturated carbocycles. The minimum absolute atomic E-state index is 0. The lowest BCUT2D eigenvalue weighted by Crippen LogP contribution is -2.45. The van der Waals surface area contributed by atoms with Gasteiger partial charge in [0.15, 0.2) is 5.96 Å².